The van der Waals surface area contributed by atoms with E-state index in [1.165, 1.54) is 4.80 Å². The van der Waals surface area contributed by atoms with Crippen LogP contribution in [0.4, 0.5) is 4.79 Å². The zero-order chi connectivity index (χ0) is 15.6. The number of carbonyl (C=O) groups excluding carboxylic acids is 2. The Morgan fingerprint density at radius 3 is 2.67 bits per heavy atom. The van der Waals surface area contributed by atoms with Crippen LogP contribution in [0.3, 0.4) is 0 Å². The SMILES string of the molecule is Cn1nnc(CC(=O)C2CCN(C(=O)OC(C)(C)C)C2)n1. The number of amides is 1. The molecular formula is C13H21N5O3. The van der Waals surface area contributed by atoms with Gasteiger partial charge in [0.15, 0.2) is 5.82 Å². The third-order valence-electron chi connectivity index (χ3n) is 3.18. The number of ether oxygens (including phenoxy) is 1. The van der Waals surface area contributed by atoms with Crippen LogP contribution in [-0.2, 0) is 23.0 Å². The van der Waals surface area contributed by atoms with E-state index in [4.69, 9.17) is 4.74 Å². The smallest absolute Gasteiger partial charge is 0.410 e. The van der Waals surface area contributed by atoms with E-state index in [1.54, 1.807) is 11.9 Å². The summed E-state index contributed by atoms with van der Waals surface area (Å²) in [7, 11) is 1.65. The van der Waals surface area contributed by atoms with Crippen LogP contribution in [0.2, 0.25) is 0 Å². The van der Waals surface area contributed by atoms with Crippen molar-refractivity contribution in [3.8, 4) is 0 Å². The Labute approximate surface area is 123 Å². The number of carbonyl (C=O) groups is 2. The van der Waals surface area contributed by atoms with E-state index in [1.807, 2.05) is 20.8 Å². The van der Waals surface area contributed by atoms with Gasteiger partial charge in [-0.1, -0.05) is 0 Å². The summed E-state index contributed by atoms with van der Waals surface area (Å²) in [6, 6.07) is 0. The Morgan fingerprint density at radius 2 is 2.10 bits per heavy atom. The Morgan fingerprint density at radius 1 is 1.38 bits per heavy atom. The van der Waals surface area contributed by atoms with Crippen LogP contribution in [0.15, 0.2) is 0 Å². The van der Waals surface area contributed by atoms with E-state index in [0.29, 0.717) is 25.3 Å². The van der Waals surface area contributed by atoms with Gasteiger partial charge in [0, 0.05) is 19.0 Å². The molecule has 1 aliphatic rings. The van der Waals surface area contributed by atoms with E-state index in [2.05, 4.69) is 15.4 Å². The fourth-order valence-electron chi connectivity index (χ4n) is 2.21. The van der Waals surface area contributed by atoms with Crippen LogP contribution < -0.4 is 0 Å². The minimum absolute atomic E-state index is 0.0362. The number of tetrazole rings is 1. The molecule has 116 valence electrons. The van der Waals surface area contributed by atoms with Gasteiger partial charge in [-0.15, -0.1) is 10.2 Å². The molecule has 21 heavy (non-hydrogen) atoms. The molecule has 0 bridgehead atoms. The van der Waals surface area contributed by atoms with Crippen molar-refractivity contribution in [2.24, 2.45) is 13.0 Å². The second kappa shape index (κ2) is 5.79. The summed E-state index contributed by atoms with van der Waals surface area (Å²) < 4.78 is 5.31. The number of Topliss-reactive ketones (excluding diaryl/α,β-unsaturated/α-hetero) is 1. The van der Waals surface area contributed by atoms with Crippen molar-refractivity contribution < 1.29 is 14.3 Å². The van der Waals surface area contributed by atoms with Gasteiger partial charge in [-0.2, -0.15) is 4.80 Å². The molecule has 1 unspecified atom stereocenters. The van der Waals surface area contributed by atoms with Crippen molar-refractivity contribution in [2.45, 2.75) is 39.2 Å². The molecule has 1 aromatic heterocycles. The molecule has 1 aliphatic heterocycles. The van der Waals surface area contributed by atoms with Gasteiger partial charge >= 0.3 is 6.09 Å². The quantitative estimate of drug-likeness (QED) is 0.810. The van der Waals surface area contributed by atoms with Crippen LogP contribution >= 0.6 is 0 Å². The number of ketones is 1. The Balaban J connectivity index is 1.87. The molecule has 0 N–H and O–H groups in total. The van der Waals surface area contributed by atoms with Gasteiger partial charge in [0.25, 0.3) is 0 Å². The molecule has 0 spiro atoms. The topological polar surface area (TPSA) is 90.2 Å². The average Bonchev–Trinajstić information content (AvgIpc) is 2.96. The van der Waals surface area contributed by atoms with Crippen molar-refractivity contribution in [1.82, 2.24) is 25.1 Å². The maximum absolute atomic E-state index is 12.2. The van der Waals surface area contributed by atoms with Crippen LogP contribution in [0.1, 0.15) is 33.0 Å². The average molecular weight is 295 g/mol. The lowest BCUT2D eigenvalue weighted by Crippen LogP contribution is -2.36. The molecular weight excluding hydrogens is 274 g/mol. The molecule has 8 heteroatoms. The Hall–Kier alpha value is -1.99. The predicted octanol–water partition coefficient (Wildman–Crippen LogP) is 0.579. The van der Waals surface area contributed by atoms with Crippen molar-refractivity contribution in [2.75, 3.05) is 13.1 Å². The van der Waals surface area contributed by atoms with Crippen molar-refractivity contribution >= 4 is 11.9 Å². The number of aromatic nitrogens is 4. The summed E-state index contributed by atoms with van der Waals surface area (Å²) in [5.74, 6) is 0.272. The van der Waals surface area contributed by atoms with E-state index >= 15 is 0 Å². The zero-order valence-corrected chi connectivity index (χ0v) is 12.9. The molecule has 1 aromatic rings. The van der Waals surface area contributed by atoms with E-state index in [9.17, 15) is 9.59 Å². The molecule has 1 saturated heterocycles. The third-order valence-corrected chi connectivity index (χ3v) is 3.18. The second-order valence-corrected chi connectivity index (χ2v) is 6.25. The fraction of sp³-hybridized carbons (Fsp3) is 0.769. The number of rotatable bonds is 3. The highest BCUT2D eigenvalue weighted by molar-refractivity contribution is 5.84. The molecule has 0 radical (unpaired) electrons. The van der Waals surface area contributed by atoms with Gasteiger partial charge in [-0.3, -0.25) is 4.79 Å². The van der Waals surface area contributed by atoms with Gasteiger partial charge in [-0.25, -0.2) is 4.79 Å². The molecule has 0 saturated carbocycles. The van der Waals surface area contributed by atoms with Gasteiger partial charge in [0.1, 0.15) is 11.4 Å². The first kappa shape index (κ1) is 15.4. The summed E-state index contributed by atoms with van der Waals surface area (Å²) in [4.78, 5) is 27.0. The maximum Gasteiger partial charge on any atom is 0.410 e. The summed E-state index contributed by atoms with van der Waals surface area (Å²) in [6.07, 6.45) is 0.439. The lowest BCUT2D eigenvalue weighted by atomic mass is 10.0. The number of hydrogen-bond acceptors (Lipinski definition) is 6. The van der Waals surface area contributed by atoms with Crippen molar-refractivity contribution in [1.29, 1.82) is 0 Å². The molecule has 1 fully saturated rings. The molecule has 2 heterocycles. The highest BCUT2D eigenvalue weighted by Gasteiger charge is 2.33. The minimum atomic E-state index is -0.525. The van der Waals surface area contributed by atoms with Crippen molar-refractivity contribution in [3.05, 3.63) is 5.82 Å². The van der Waals surface area contributed by atoms with E-state index in [0.717, 1.165) is 0 Å². The van der Waals surface area contributed by atoms with Crippen LogP contribution in [0, 0.1) is 5.92 Å². The predicted molar refractivity (Wildman–Crippen MR) is 73.4 cm³/mol. The summed E-state index contributed by atoms with van der Waals surface area (Å²) in [5.41, 5.74) is -0.525. The number of hydrogen-bond donors (Lipinski definition) is 0. The maximum atomic E-state index is 12.2. The van der Waals surface area contributed by atoms with Gasteiger partial charge in [0.05, 0.1) is 13.5 Å². The van der Waals surface area contributed by atoms with Gasteiger partial charge < -0.3 is 9.64 Å². The third kappa shape index (κ3) is 4.24. The molecule has 2 rings (SSSR count). The number of nitrogens with zero attached hydrogens (tertiary/aromatic N) is 5. The largest absolute Gasteiger partial charge is 0.444 e. The van der Waals surface area contributed by atoms with Crippen LogP contribution in [0.5, 0.6) is 0 Å². The van der Waals surface area contributed by atoms with Gasteiger partial charge in [0.2, 0.25) is 0 Å². The molecule has 1 amide bonds. The van der Waals surface area contributed by atoms with Crippen LogP contribution in [0.25, 0.3) is 0 Å². The summed E-state index contributed by atoms with van der Waals surface area (Å²) in [5, 5.41) is 11.5. The minimum Gasteiger partial charge on any atom is -0.444 e. The first-order valence-electron chi connectivity index (χ1n) is 6.98. The lowest BCUT2D eigenvalue weighted by Gasteiger charge is -2.24. The fourth-order valence-corrected chi connectivity index (χ4v) is 2.21. The number of likely N-dealkylation sites (tertiary alicyclic amines) is 1. The zero-order valence-electron chi connectivity index (χ0n) is 12.9. The molecule has 0 aliphatic carbocycles. The van der Waals surface area contributed by atoms with Crippen molar-refractivity contribution in [3.63, 3.8) is 0 Å². The highest BCUT2D eigenvalue weighted by Crippen LogP contribution is 2.21. The summed E-state index contributed by atoms with van der Waals surface area (Å²) >= 11 is 0. The van der Waals surface area contributed by atoms with E-state index < -0.39 is 5.60 Å². The molecule has 8 nitrogen and oxygen atoms in total. The Kier molecular flexibility index (Phi) is 4.24. The van der Waals surface area contributed by atoms with E-state index in [-0.39, 0.29) is 24.2 Å². The Bertz CT molecular complexity index is 534. The number of aryl methyl sites for hydroxylation is 1. The van der Waals surface area contributed by atoms with Gasteiger partial charge in [-0.05, 0) is 32.4 Å². The highest BCUT2D eigenvalue weighted by atomic mass is 16.6. The normalized spacial score (nSPS) is 18.9. The first-order chi connectivity index (χ1) is 9.74. The standard InChI is InChI=1S/C13H21N5O3/c1-13(2,3)21-12(20)18-6-5-9(8-18)10(19)7-11-14-16-17(4)15-11/h9H,5-8H2,1-4H3. The lowest BCUT2D eigenvalue weighted by molar-refractivity contribution is -0.121. The monoisotopic (exact) mass is 295 g/mol. The first-order valence-corrected chi connectivity index (χ1v) is 6.98. The summed E-state index contributed by atoms with van der Waals surface area (Å²) in [6.45, 7) is 6.41. The second-order valence-electron chi connectivity index (χ2n) is 6.25. The molecule has 0 aromatic carbocycles. The van der Waals surface area contributed by atoms with Crippen LogP contribution in [-0.4, -0.2) is 55.7 Å². The molecule has 1 atom stereocenters.